The van der Waals surface area contributed by atoms with Gasteiger partial charge in [0.2, 0.25) is 5.96 Å². The molecular weight excluding hydrogens is 427 g/mol. The first kappa shape index (κ1) is 23.1. The van der Waals surface area contributed by atoms with Crippen molar-refractivity contribution >= 4 is 34.9 Å². The second-order valence-electron chi connectivity index (χ2n) is 7.77. The van der Waals surface area contributed by atoms with E-state index in [9.17, 15) is 0 Å². The van der Waals surface area contributed by atoms with Crippen LogP contribution in [0.2, 0.25) is 0 Å². The molecule has 2 aliphatic rings. The minimum atomic E-state index is 0.302. The highest BCUT2D eigenvalue weighted by Crippen LogP contribution is 2.31. The van der Waals surface area contributed by atoms with E-state index in [2.05, 4.69) is 29.6 Å². The van der Waals surface area contributed by atoms with Crippen LogP contribution in [0.1, 0.15) is 25.3 Å². The van der Waals surface area contributed by atoms with E-state index in [-0.39, 0.29) is 0 Å². The van der Waals surface area contributed by atoms with E-state index in [4.69, 9.17) is 28.2 Å². The molecule has 31 heavy (non-hydrogen) atoms. The second kappa shape index (κ2) is 10.2. The maximum absolute atomic E-state index is 6.27. The summed E-state index contributed by atoms with van der Waals surface area (Å²) in [5.74, 6) is 1.21. The fourth-order valence-electron chi connectivity index (χ4n) is 3.77. The Balaban J connectivity index is 1.82. The highest BCUT2D eigenvalue weighted by molar-refractivity contribution is 6.41. The fraction of sp³-hybridized carbons (Fsp3) is 0.280. The lowest BCUT2D eigenvalue weighted by molar-refractivity contribution is 0.264. The van der Waals surface area contributed by atoms with E-state index in [1.165, 1.54) is 6.08 Å². The molecule has 1 aromatic rings. The highest BCUT2D eigenvalue weighted by atomic mass is 35.5. The summed E-state index contributed by atoms with van der Waals surface area (Å²) in [6.45, 7) is 16.0. The number of guanidine groups is 1. The normalized spacial score (nSPS) is 20.7. The molecular formula is C25H28Cl2N4. The number of halogens is 2. The predicted octanol–water partition coefficient (Wildman–Crippen LogP) is 6.33. The summed E-state index contributed by atoms with van der Waals surface area (Å²) in [6.07, 6.45) is 11.1. The fourth-order valence-corrected chi connectivity index (χ4v) is 4.06. The molecule has 3 rings (SSSR count). The Hall–Kier alpha value is -2.56. The minimum Gasteiger partial charge on any atom is -0.342 e. The van der Waals surface area contributed by atoms with Crippen LogP contribution >= 0.6 is 23.2 Å². The maximum Gasteiger partial charge on any atom is 0.206 e. The van der Waals surface area contributed by atoms with Crippen molar-refractivity contribution in [1.82, 2.24) is 14.8 Å². The van der Waals surface area contributed by atoms with Crippen LogP contribution in [0, 0.1) is 5.92 Å². The van der Waals surface area contributed by atoms with Crippen molar-refractivity contribution in [2.45, 2.75) is 19.8 Å². The Morgan fingerprint density at radius 3 is 2.61 bits per heavy atom. The molecule has 1 fully saturated rings. The van der Waals surface area contributed by atoms with Gasteiger partial charge >= 0.3 is 0 Å². The summed E-state index contributed by atoms with van der Waals surface area (Å²) < 4.78 is 0. The number of hydrogen-bond acceptors (Lipinski definition) is 4. The number of hydrogen-bond donors (Lipinski definition) is 0. The number of likely N-dealkylation sites (N-methyl/N-ethyl adjacent to an activating group) is 1. The van der Waals surface area contributed by atoms with Crippen molar-refractivity contribution in [3.8, 4) is 0 Å². The average Bonchev–Trinajstić information content (AvgIpc) is 2.80. The molecule has 0 amide bonds. The van der Waals surface area contributed by atoms with Crippen LogP contribution in [-0.4, -0.2) is 40.9 Å². The summed E-state index contributed by atoms with van der Waals surface area (Å²) in [7, 11) is 2.01. The Morgan fingerprint density at radius 2 is 1.94 bits per heavy atom. The first-order valence-corrected chi connectivity index (χ1v) is 11.0. The first-order chi connectivity index (χ1) is 14.8. The quantitative estimate of drug-likeness (QED) is 0.487. The van der Waals surface area contributed by atoms with E-state index in [1.807, 2.05) is 43.2 Å². The smallest absolute Gasteiger partial charge is 0.206 e. The standard InChI is InChI=1S/C25H28Cl2N4/c1-6-22(26)23(27)14-17(2)19(4)21-8-7-13-31(16-21)25-29-24(15-18(3)30(25)5)20-9-11-28-12-10-20/h6,9-12,14-15,21H,1,3-4,7-8,13,16H2,2,5H3/b17-14+,23-22-. The molecule has 1 atom stereocenters. The van der Waals surface area contributed by atoms with Crippen LogP contribution in [-0.2, 0) is 0 Å². The van der Waals surface area contributed by atoms with Crippen molar-refractivity contribution in [3.63, 3.8) is 0 Å². The number of piperidine rings is 1. The first-order valence-electron chi connectivity index (χ1n) is 10.2. The van der Waals surface area contributed by atoms with Gasteiger partial charge in [0, 0.05) is 49.7 Å². The Bertz CT molecular complexity index is 1000. The van der Waals surface area contributed by atoms with E-state index in [1.54, 1.807) is 12.4 Å². The van der Waals surface area contributed by atoms with Crippen LogP contribution < -0.4 is 0 Å². The zero-order valence-corrected chi connectivity index (χ0v) is 19.6. The van der Waals surface area contributed by atoms with Gasteiger partial charge in [-0.15, -0.1) is 0 Å². The van der Waals surface area contributed by atoms with Gasteiger partial charge in [0.1, 0.15) is 0 Å². The van der Waals surface area contributed by atoms with Crippen LogP contribution in [0.3, 0.4) is 0 Å². The van der Waals surface area contributed by atoms with Gasteiger partial charge in [-0.25, -0.2) is 4.99 Å². The molecule has 0 spiro atoms. The molecule has 3 heterocycles. The van der Waals surface area contributed by atoms with Crippen molar-refractivity contribution in [1.29, 1.82) is 0 Å². The van der Waals surface area contributed by atoms with Gasteiger partial charge in [0.25, 0.3) is 0 Å². The zero-order chi connectivity index (χ0) is 22.5. The maximum atomic E-state index is 6.27. The summed E-state index contributed by atoms with van der Waals surface area (Å²) in [5.41, 5.74) is 4.93. The van der Waals surface area contributed by atoms with Crippen molar-refractivity contribution < 1.29 is 0 Å². The molecule has 0 aliphatic carbocycles. The monoisotopic (exact) mass is 454 g/mol. The summed E-state index contributed by atoms with van der Waals surface area (Å²) in [5, 5.41) is 0.911. The second-order valence-corrected chi connectivity index (χ2v) is 8.58. The molecule has 0 saturated carbocycles. The molecule has 0 bridgehead atoms. The molecule has 0 N–H and O–H groups in total. The van der Waals surface area contributed by atoms with E-state index < -0.39 is 0 Å². The Morgan fingerprint density at radius 1 is 1.23 bits per heavy atom. The number of aliphatic imine (C=N–C) groups is 1. The SMILES string of the molecule is C=C/C(Cl)=C(Cl)\C=C(/C)C(=C)C1CCCN(C2=NC(c3ccncc3)=CC(=C)N2C)C1. The highest BCUT2D eigenvalue weighted by Gasteiger charge is 2.29. The Labute approximate surface area is 195 Å². The van der Waals surface area contributed by atoms with E-state index >= 15 is 0 Å². The van der Waals surface area contributed by atoms with Crippen LogP contribution in [0.4, 0.5) is 0 Å². The number of nitrogens with zero attached hydrogens (tertiary/aromatic N) is 4. The lowest BCUT2D eigenvalue weighted by Crippen LogP contribution is -2.47. The number of aromatic nitrogens is 1. The zero-order valence-electron chi connectivity index (χ0n) is 18.1. The van der Waals surface area contributed by atoms with Crippen LogP contribution in [0.15, 0.2) is 94.4 Å². The topological polar surface area (TPSA) is 31.7 Å². The van der Waals surface area contributed by atoms with Gasteiger partial charge in [-0.1, -0.05) is 42.9 Å². The largest absolute Gasteiger partial charge is 0.342 e. The van der Waals surface area contributed by atoms with Crippen molar-refractivity contribution in [3.05, 3.63) is 95.0 Å². The third-order valence-corrected chi connectivity index (χ3v) is 6.45. The minimum absolute atomic E-state index is 0.302. The third kappa shape index (κ3) is 5.38. The molecule has 1 saturated heterocycles. The molecule has 162 valence electrons. The van der Waals surface area contributed by atoms with Crippen LogP contribution in [0.25, 0.3) is 5.70 Å². The van der Waals surface area contributed by atoms with E-state index in [0.717, 1.165) is 60.0 Å². The molecule has 1 aromatic heterocycles. The molecule has 0 aromatic carbocycles. The van der Waals surface area contributed by atoms with Gasteiger partial charge in [0.05, 0.1) is 15.8 Å². The number of likely N-dealkylation sites (tertiary alicyclic amines) is 1. The van der Waals surface area contributed by atoms with E-state index in [0.29, 0.717) is 16.0 Å². The number of rotatable bonds is 5. The van der Waals surface area contributed by atoms with Gasteiger partial charge in [-0.3, -0.25) is 4.98 Å². The molecule has 4 nitrogen and oxygen atoms in total. The molecule has 2 aliphatic heterocycles. The van der Waals surface area contributed by atoms with Gasteiger partial charge in [0.15, 0.2) is 0 Å². The molecule has 0 radical (unpaired) electrons. The summed E-state index contributed by atoms with van der Waals surface area (Å²) in [6, 6.07) is 3.93. The predicted molar refractivity (Wildman–Crippen MR) is 133 cm³/mol. The van der Waals surface area contributed by atoms with Crippen molar-refractivity contribution in [2.75, 3.05) is 20.1 Å². The lowest BCUT2D eigenvalue weighted by atomic mass is 9.87. The molecule has 6 heteroatoms. The summed E-state index contributed by atoms with van der Waals surface area (Å²) >= 11 is 12.3. The third-order valence-electron chi connectivity index (χ3n) is 5.68. The van der Waals surface area contributed by atoms with Gasteiger partial charge in [-0.2, -0.15) is 0 Å². The van der Waals surface area contributed by atoms with Crippen LogP contribution in [0.5, 0.6) is 0 Å². The van der Waals surface area contributed by atoms with Gasteiger partial charge in [-0.05, 0) is 61.3 Å². The average molecular weight is 455 g/mol. The Kier molecular flexibility index (Phi) is 7.58. The molecule has 1 unspecified atom stereocenters. The lowest BCUT2D eigenvalue weighted by Gasteiger charge is -2.40. The number of allylic oxidation sites excluding steroid dienone is 6. The summed E-state index contributed by atoms with van der Waals surface area (Å²) in [4.78, 5) is 13.4. The van der Waals surface area contributed by atoms with Crippen molar-refractivity contribution in [2.24, 2.45) is 10.9 Å². The van der Waals surface area contributed by atoms with Gasteiger partial charge < -0.3 is 9.80 Å². The number of pyridine rings is 1.